The fraction of sp³-hybridized carbons (Fsp3) is 0.462. The highest BCUT2D eigenvalue weighted by molar-refractivity contribution is 7.89. The van der Waals surface area contributed by atoms with Crippen LogP contribution in [0.2, 0.25) is 5.02 Å². The first-order valence-corrected chi connectivity index (χ1v) is 8.45. The number of nitrogens with zero attached hydrogens (tertiary/aromatic N) is 2. The topological polar surface area (TPSA) is 66.9 Å². The standard InChI is InChI=1S/C13H17ClN2O4S/c1-2-20-13(17)15-7-9-16(10-8-15)21(18,19)12-6-4-3-5-11(12)14/h3-6H,2,7-10H2,1H3. The van der Waals surface area contributed by atoms with Crippen molar-refractivity contribution < 1.29 is 17.9 Å². The molecule has 0 spiro atoms. The van der Waals surface area contributed by atoms with E-state index in [1.54, 1.807) is 25.1 Å². The Labute approximate surface area is 129 Å². The van der Waals surface area contributed by atoms with Gasteiger partial charge in [-0.15, -0.1) is 0 Å². The summed E-state index contributed by atoms with van der Waals surface area (Å²) in [6.45, 7) is 3.11. The molecule has 21 heavy (non-hydrogen) atoms. The van der Waals surface area contributed by atoms with E-state index in [1.807, 2.05) is 0 Å². The van der Waals surface area contributed by atoms with Crippen LogP contribution in [-0.2, 0) is 14.8 Å². The Bertz CT molecular complexity index is 612. The Balaban J connectivity index is 2.08. The van der Waals surface area contributed by atoms with Gasteiger partial charge in [-0.3, -0.25) is 0 Å². The van der Waals surface area contributed by atoms with Crippen LogP contribution in [0.5, 0.6) is 0 Å². The van der Waals surface area contributed by atoms with Gasteiger partial charge in [0.1, 0.15) is 4.90 Å². The number of ether oxygens (including phenoxy) is 1. The van der Waals surface area contributed by atoms with Gasteiger partial charge in [0.25, 0.3) is 0 Å². The molecule has 1 heterocycles. The van der Waals surface area contributed by atoms with Gasteiger partial charge in [-0.25, -0.2) is 13.2 Å². The molecule has 116 valence electrons. The molecule has 6 nitrogen and oxygen atoms in total. The molecule has 1 aliphatic heterocycles. The van der Waals surface area contributed by atoms with Crippen molar-refractivity contribution in [3.8, 4) is 0 Å². The van der Waals surface area contributed by atoms with Gasteiger partial charge >= 0.3 is 6.09 Å². The van der Waals surface area contributed by atoms with Crippen LogP contribution in [0.3, 0.4) is 0 Å². The van der Waals surface area contributed by atoms with Gasteiger partial charge in [-0.05, 0) is 19.1 Å². The van der Waals surface area contributed by atoms with E-state index in [2.05, 4.69) is 0 Å². The van der Waals surface area contributed by atoms with Crippen molar-refractivity contribution in [2.24, 2.45) is 0 Å². The molecule has 1 amide bonds. The summed E-state index contributed by atoms with van der Waals surface area (Å²) in [6.07, 6.45) is -0.410. The lowest BCUT2D eigenvalue weighted by Crippen LogP contribution is -2.50. The lowest BCUT2D eigenvalue weighted by Gasteiger charge is -2.33. The molecule has 1 aromatic carbocycles. The van der Waals surface area contributed by atoms with Gasteiger partial charge in [0.05, 0.1) is 11.6 Å². The summed E-state index contributed by atoms with van der Waals surface area (Å²) in [4.78, 5) is 13.2. The molecule has 0 radical (unpaired) electrons. The Morgan fingerprint density at radius 2 is 1.86 bits per heavy atom. The molecule has 2 rings (SSSR count). The number of piperazine rings is 1. The monoisotopic (exact) mass is 332 g/mol. The van der Waals surface area contributed by atoms with Gasteiger partial charge < -0.3 is 9.64 Å². The normalized spacial score (nSPS) is 16.8. The molecule has 0 aromatic heterocycles. The van der Waals surface area contributed by atoms with E-state index in [4.69, 9.17) is 16.3 Å². The third-order valence-electron chi connectivity index (χ3n) is 3.22. The molecule has 8 heteroatoms. The van der Waals surface area contributed by atoms with Crippen LogP contribution in [-0.4, -0.2) is 56.5 Å². The second kappa shape index (κ2) is 6.64. The van der Waals surface area contributed by atoms with Crippen molar-refractivity contribution in [3.05, 3.63) is 29.3 Å². The fourth-order valence-electron chi connectivity index (χ4n) is 2.12. The van der Waals surface area contributed by atoms with Crippen LogP contribution in [0.1, 0.15) is 6.92 Å². The van der Waals surface area contributed by atoms with Crippen LogP contribution in [0.15, 0.2) is 29.2 Å². The number of rotatable bonds is 3. The van der Waals surface area contributed by atoms with Gasteiger partial charge in [-0.2, -0.15) is 4.31 Å². The highest BCUT2D eigenvalue weighted by Gasteiger charge is 2.31. The van der Waals surface area contributed by atoms with Crippen molar-refractivity contribution in [1.82, 2.24) is 9.21 Å². The number of hydrogen-bond acceptors (Lipinski definition) is 4. The van der Waals surface area contributed by atoms with Crippen molar-refractivity contribution >= 4 is 27.7 Å². The van der Waals surface area contributed by atoms with Gasteiger partial charge in [-0.1, -0.05) is 23.7 Å². The van der Waals surface area contributed by atoms with E-state index in [-0.39, 0.29) is 23.0 Å². The second-order valence-electron chi connectivity index (χ2n) is 4.52. The van der Waals surface area contributed by atoms with E-state index in [0.717, 1.165) is 0 Å². The molecule has 0 N–H and O–H groups in total. The summed E-state index contributed by atoms with van der Waals surface area (Å²) in [5.41, 5.74) is 0. The highest BCUT2D eigenvalue weighted by Crippen LogP contribution is 2.25. The quantitative estimate of drug-likeness (QED) is 0.846. The lowest BCUT2D eigenvalue weighted by molar-refractivity contribution is 0.0934. The number of benzene rings is 1. The maximum Gasteiger partial charge on any atom is 0.409 e. The minimum atomic E-state index is -3.63. The Morgan fingerprint density at radius 1 is 1.24 bits per heavy atom. The number of hydrogen-bond donors (Lipinski definition) is 0. The van der Waals surface area contributed by atoms with Crippen molar-refractivity contribution in [2.75, 3.05) is 32.8 Å². The lowest BCUT2D eigenvalue weighted by atomic mass is 10.4. The van der Waals surface area contributed by atoms with Crippen LogP contribution < -0.4 is 0 Å². The molecule has 0 aliphatic carbocycles. The average molecular weight is 333 g/mol. The first-order valence-electron chi connectivity index (χ1n) is 6.63. The first-order chi connectivity index (χ1) is 9.96. The van der Waals surface area contributed by atoms with Crippen LogP contribution in [0.25, 0.3) is 0 Å². The molecule has 1 saturated heterocycles. The summed E-state index contributed by atoms with van der Waals surface area (Å²) in [7, 11) is -3.63. The zero-order valence-corrected chi connectivity index (χ0v) is 13.2. The molecule has 0 unspecified atom stereocenters. The molecule has 0 bridgehead atoms. The number of halogens is 1. The van der Waals surface area contributed by atoms with Crippen molar-refractivity contribution in [2.45, 2.75) is 11.8 Å². The maximum absolute atomic E-state index is 12.5. The van der Waals surface area contributed by atoms with E-state index in [9.17, 15) is 13.2 Å². The van der Waals surface area contributed by atoms with Crippen LogP contribution >= 0.6 is 11.6 Å². The third kappa shape index (κ3) is 3.48. The number of carbonyl (C=O) groups is 1. The molecule has 0 atom stereocenters. The molecule has 1 aromatic rings. The second-order valence-corrected chi connectivity index (χ2v) is 6.83. The van der Waals surface area contributed by atoms with E-state index >= 15 is 0 Å². The number of sulfonamides is 1. The number of amides is 1. The molecular weight excluding hydrogens is 316 g/mol. The summed E-state index contributed by atoms with van der Waals surface area (Å²) < 4.78 is 31.3. The predicted octanol–water partition coefficient (Wildman–Crippen LogP) is 1.80. The van der Waals surface area contributed by atoms with Crippen molar-refractivity contribution in [3.63, 3.8) is 0 Å². The van der Waals surface area contributed by atoms with Crippen LogP contribution in [0.4, 0.5) is 4.79 Å². The largest absolute Gasteiger partial charge is 0.450 e. The first kappa shape index (κ1) is 16.1. The molecule has 1 fully saturated rings. The minimum absolute atomic E-state index is 0.0938. The van der Waals surface area contributed by atoms with E-state index in [1.165, 1.54) is 15.3 Å². The average Bonchev–Trinajstić information content (AvgIpc) is 2.48. The highest BCUT2D eigenvalue weighted by atomic mass is 35.5. The van der Waals surface area contributed by atoms with Gasteiger partial charge in [0.15, 0.2) is 0 Å². The predicted molar refractivity (Wildman–Crippen MR) is 78.8 cm³/mol. The number of carbonyl (C=O) groups excluding carboxylic acids is 1. The molecule has 0 saturated carbocycles. The third-order valence-corrected chi connectivity index (χ3v) is 5.62. The van der Waals surface area contributed by atoms with Gasteiger partial charge in [0, 0.05) is 26.2 Å². The summed E-state index contributed by atoms with van der Waals surface area (Å²) in [5.74, 6) is 0. The summed E-state index contributed by atoms with van der Waals surface area (Å²) >= 11 is 5.96. The Morgan fingerprint density at radius 3 is 2.43 bits per heavy atom. The van der Waals surface area contributed by atoms with Crippen LogP contribution in [0, 0.1) is 0 Å². The molecular formula is C13H17ClN2O4S. The fourth-order valence-corrected chi connectivity index (χ4v) is 4.03. The summed E-state index contributed by atoms with van der Waals surface area (Å²) in [5, 5.41) is 0.199. The van der Waals surface area contributed by atoms with E-state index in [0.29, 0.717) is 19.7 Å². The van der Waals surface area contributed by atoms with Gasteiger partial charge in [0.2, 0.25) is 10.0 Å². The van der Waals surface area contributed by atoms with Crippen molar-refractivity contribution in [1.29, 1.82) is 0 Å². The Kier molecular flexibility index (Phi) is 5.08. The maximum atomic E-state index is 12.5. The summed E-state index contributed by atoms with van der Waals surface area (Å²) in [6, 6.07) is 6.34. The van der Waals surface area contributed by atoms with E-state index < -0.39 is 16.1 Å². The zero-order chi connectivity index (χ0) is 15.5. The molecule has 1 aliphatic rings. The Hall–Kier alpha value is -1.31. The minimum Gasteiger partial charge on any atom is -0.450 e. The smallest absolute Gasteiger partial charge is 0.409 e. The SMILES string of the molecule is CCOC(=O)N1CCN(S(=O)(=O)c2ccccc2Cl)CC1. The zero-order valence-electron chi connectivity index (χ0n) is 11.7.